The molecule has 2 N–H and O–H groups in total. The normalized spacial score (nSPS) is 18.1. The molecule has 172 valence electrons. The fourth-order valence-electron chi connectivity index (χ4n) is 4.06. The van der Waals surface area contributed by atoms with Gasteiger partial charge in [-0.1, -0.05) is 32.0 Å². The van der Waals surface area contributed by atoms with Crippen molar-refractivity contribution in [3.8, 4) is 5.88 Å². The van der Waals surface area contributed by atoms with E-state index in [-0.39, 0.29) is 23.5 Å². The molecule has 9 heteroatoms. The van der Waals surface area contributed by atoms with Gasteiger partial charge in [0.2, 0.25) is 5.88 Å². The minimum absolute atomic E-state index is 0.0145. The number of carboxylic acids is 1. The van der Waals surface area contributed by atoms with Gasteiger partial charge in [0.25, 0.3) is 0 Å². The standard InChI is InChI=1S/C23H27F2N3O4/c1-13(2)17-6-4-5-7-19(17)28(16-10-9-15(12-16)21(29)30)23(31)27-18-11-8-14(3)26-20(18)32-22(24)25/h4-8,11,13,15-16,22H,9-10,12H2,1-3H3,(H,27,31)(H,29,30). The molecule has 2 amide bonds. The molecule has 1 fully saturated rings. The average Bonchev–Trinajstić information content (AvgIpc) is 3.20. The number of para-hydroxylation sites is 1. The fraction of sp³-hybridized carbons (Fsp3) is 0.435. The largest absolute Gasteiger partial charge is 0.481 e. The number of carbonyl (C=O) groups excluding carboxylic acids is 1. The lowest BCUT2D eigenvalue weighted by Gasteiger charge is -2.32. The number of benzene rings is 1. The van der Waals surface area contributed by atoms with Gasteiger partial charge in [-0.3, -0.25) is 9.69 Å². The fourth-order valence-corrected chi connectivity index (χ4v) is 4.06. The predicted molar refractivity (Wildman–Crippen MR) is 116 cm³/mol. The van der Waals surface area contributed by atoms with Crippen molar-refractivity contribution in [2.75, 3.05) is 10.2 Å². The Balaban J connectivity index is 1.98. The Labute approximate surface area is 185 Å². The second-order valence-electron chi connectivity index (χ2n) is 8.20. The second kappa shape index (κ2) is 9.93. The number of nitrogens with zero attached hydrogens (tertiary/aromatic N) is 2. The maximum Gasteiger partial charge on any atom is 0.388 e. The van der Waals surface area contributed by atoms with E-state index in [0.29, 0.717) is 30.6 Å². The number of anilines is 2. The Kier molecular flexibility index (Phi) is 7.27. The summed E-state index contributed by atoms with van der Waals surface area (Å²) in [6.45, 7) is 2.54. The molecule has 1 saturated carbocycles. The van der Waals surface area contributed by atoms with Crippen LogP contribution >= 0.6 is 0 Å². The molecular weight excluding hydrogens is 420 g/mol. The van der Waals surface area contributed by atoms with E-state index >= 15 is 0 Å². The number of aliphatic carboxylic acids is 1. The number of hydrogen-bond acceptors (Lipinski definition) is 4. The highest BCUT2D eigenvalue weighted by atomic mass is 19.3. The maximum atomic E-state index is 13.5. The van der Waals surface area contributed by atoms with Crippen LogP contribution in [0.15, 0.2) is 36.4 Å². The van der Waals surface area contributed by atoms with Crippen molar-refractivity contribution in [1.82, 2.24) is 4.98 Å². The van der Waals surface area contributed by atoms with Crippen LogP contribution in [-0.2, 0) is 4.79 Å². The van der Waals surface area contributed by atoms with Gasteiger partial charge in [0.15, 0.2) is 0 Å². The van der Waals surface area contributed by atoms with E-state index < -0.39 is 24.5 Å². The lowest BCUT2D eigenvalue weighted by atomic mass is 9.99. The number of urea groups is 1. The Morgan fingerprint density at radius 3 is 2.53 bits per heavy atom. The number of aryl methyl sites for hydroxylation is 1. The highest BCUT2D eigenvalue weighted by Crippen LogP contribution is 2.37. The number of amides is 2. The van der Waals surface area contributed by atoms with Gasteiger partial charge in [0.1, 0.15) is 5.69 Å². The maximum absolute atomic E-state index is 13.5. The lowest BCUT2D eigenvalue weighted by Crippen LogP contribution is -2.43. The molecule has 3 rings (SSSR count). The van der Waals surface area contributed by atoms with Crippen LogP contribution in [0.5, 0.6) is 5.88 Å². The molecular formula is C23H27F2N3O4. The van der Waals surface area contributed by atoms with Gasteiger partial charge < -0.3 is 15.2 Å². The Hall–Kier alpha value is -3.23. The van der Waals surface area contributed by atoms with Crippen LogP contribution in [0.4, 0.5) is 25.0 Å². The molecule has 1 aromatic heterocycles. The zero-order valence-corrected chi connectivity index (χ0v) is 18.2. The summed E-state index contributed by atoms with van der Waals surface area (Å²) >= 11 is 0. The van der Waals surface area contributed by atoms with Crippen molar-refractivity contribution < 1.29 is 28.2 Å². The number of hydrogen-bond donors (Lipinski definition) is 2. The quantitative estimate of drug-likeness (QED) is 0.592. The summed E-state index contributed by atoms with van der Waals surface area (Å²) in [4.78, 5) is 30.5. The number of alkyl halides is 2. The third kappa shape index (κ3) is 5.33. The number of carboxylic acid groups (broad SMARTS) is 1. The van der Waals surface area contributed by atoms with Crippen LogP contribution in [0.3, 0.4) is 0 Å². The molecule has 0 bridgehead atoms. The van der Waals surface area contributed by atoms with E-state index in [1.165, 1.54) is 6.07 Å². The number of aromatic nitrogens is 1. The first-order valence-corrected chi connectivity index (χ1v) is 10.5. The summed E-state index contributed by atoms with van der Waals surface area (Å²) in [5.41, 5.74) is 2.06. The minimum Gasteiger partial charge on any atom is -0.481 e. The molecule has 1 aromatic carbocycles. The van der Waals surface area contributed by atoms with Crippen molar-refractivity contribution >= 4 is 23.4 Å². The summed E-state index contributed by atoms with van der Waals surface area (Å²) in [5, 5.41) is 12.1. The van der Waals surface area contributed by atoms with Crippen molar-refractivity contribution in [3.05, 3.63) is 47.7 Å². The molecule has 7 nitrogen and oxygen atoms in total. The molecule has 2 unspecified atom stereocenters. The molecule has 1 heterocycles. The van der Waals surface area contributed by atoms with Crippen molar-refractivity contribution in [3.63, 3.8) is 0 Å². The van der Waals surface area contributed by atoms with Crippen LogP contribution in [0.1, 0.15) is 50.3 Å². The van der Waals surface area contributed by atoms with Crippen LogP contribution < -0.4 is 15.0 Å². The lowest BCUT2D eigenvalue weighted by molar-refractivity contribution is -0.141. The van der Waals surface area contributed by atoms with E-state index in [0.717, 1.165) is 5.56 Å². The Morgan fingerprint density at radius 2 is 1.91 bits per heavy atom. The molecule has 1 aliphatic carbocycles. The van der Waals surface area contributed by atoms with Crippen LogP contribution in [0.2, 0.25) is 0 Å². The van der Waals surface area contributed by atoms with Crippen LogP contribution in [0, 0.1) is 12.8 Å². The van der Waals surface area contributed by atoms with Gasteiger partial charge in [-0.25, -0.2) is 9.78 Å². The Bertz CT molecular complexity index is 983. The van der Waals surface area contributed by atoms with Gasteiger partial charge in [-0.15, -0.1) is 0 Å². The van der Waals surface area contributed by atoms with Gasteiger partial charge in [-0.2, -0.15) is 8.78 Å². The van der Waals surface area contributed by atoms with Gasteiger partial charge >= 0.3 is 18.6 Å². The van der Waals surface area contributed by atoms with Gasteiger partial charge in [-0.05, 0) is 55.9 Å². The van der Waals surface area contributed by atoms with Crippen LogP contribution in [-0.4, -0.2) is 34.7 Å². The smallest absolute Gasteiger partial charge is 0.388 e. The number of ether oxygens (including phenoxy) is 1. The summed E-state index contributed by atoms with van der Waals surface area (Å²) in [7, 11) is 0. The molecule has 0 aliphatic heterocycles. The highest BCUT2D eigenvalue weighted by Gasteiger charge is 2.37. The second-order valence-corrected chi connectivity index (χ2v) is 8.20. The topological polar surface area (TPSA) is 91.8 Å². The predicted octanol–water partition coefficient (Wildman–Crippen LogP) is 5.41. The van der Waals surface area contributed by atoms with Gasteiger partial charge in [0, 0.05) is 17.4 Å². The number of carbonyl (C=O) groups is 2. The zero-order valence-electron chi connectivity index (χ0n) is 18.2. The first-order valence-electron chi connectivity index (χ1n) is 10.5. The first-order chi connectivity index (χ1) is 15.2. The van der Waals surface area contributed by atoms with E-state index in [2.05, 4.69) is 15.0 Å². The Morgan fingerprint density at radius 1 is 1.19 bits per heavy atom. The number of pyridine rings is 1. The summed E-state index contributed by atoms with van der Waals surface area (Å²) in [5.74, 6) is -1.70. The highest BCUT2D eigenvalue weighted by molar-refractivity contribution is 6.03. The van der Waals surface area contributed by atoms with Crippen molar-refractivity contribution in [2.45, 2.75) is 58.6 Å². The number of halogens is 2. The van der Waals surface area contributed by atoms with E-state index in [9.17, 15) is 23.5 Å². The molecule has 0 radical (unpaired) electrons. The van der Waals surface area contributed by atoms with E-state index in [1.54, 1.807) is 17.9 Å². The molecule has 0 saturated heterocycles. The van der Waals surface area contributed by atoms with Gasteiger partial charge in [0.05, 0.1) is 5.92 Å². The van der Waals surface area contributed by atoms with Crippen LogP contribution in [0.25, 0.3) is 0 Å². The van der Waals surface area contributed by atoms with E-state index in [1.807, 2.05) is 38.1 Å². The SMILES string of the molecule is Cc1ccc(NC(=O)N(c2ccccc2C(C)C)C2CCC(C(=O)O)C2)c(OC(F)F)n1. The number of nitrogens with one attached hydrogen (secondary N) is 1. The average molecular weight is 447 g/mol. The van der Waals surface area contributed by atoms with Crippen molar-refractivity contribution in [1.29, 1.82) is 0 Å². The molecule has 2 aromatic rings. The van der Waals surface area contributed by atoms with E-state index in [4.69, 9.17) is 0 Å². The summed E-state index contributed by atoms with van der Waals surface area (Å²) in [6, 6.07) is 9.55. The third-order valence-electron chi connectivity index (χ3n) is 5.60. The minimum atomic E-state index is -3.09. The summed E-state index contributed by atoms with van der Waals surface area (Å²) in [6.07, 6.45) is 1.28. The zero-order chi connectivity index (χ0) is 23.4. The molecule has 0 spiro atoms. The summed E-state index contributed by atoms with van der Waals surface area (Å²) < 4.78 is 30.2. The van der Waals surface area contributed by atoms with Crippen molar-refractivity contribution in [2.24, 2.45) is 5.92 Å². The number of rotatable bonds is 7. The molecule has 2 atom stereocenters. The molecule has 1 aliphatic rings. The first kappa shape index (κ1) is 23.4. The molecule has 32 heavy (non-hydrogen) atoms. The third-order valence-corrected chi connectivity index (χ3v) is 5.60. The monoisotopic (exact) mass is 447 g/mol.